The zero-order chi connectivity index (χ0) is 30.4. The van der Waals surface area contributed by atoms with Crippen LogP contribution in [0, 0.1) is 34.5 Å². The highest BCUT2D eigenvalue weighted by molar-refractivity contribution is 5.71. The second-order valence-corrected chi connectivity index (χ2v) is 14.6. The number of ether oxygens (including phenoxy) is 3. The van der Waals surface area contributed by atoms with Gasteiger partial charge in [-0.3, -0.25) is 4.79 Å². The van der Waals surface area contributed by atoms with Crippen LogP contribution in [-0.2, 0) is 19.0 Å². The Morgan fingerprint density at radius 2 is 1.71 bits per heavy atom. The van der Waals surface area contributed by atoms with Crippen LogP contribution in [0.25, 0.3) is 0 Å². The molecule has 0 aromatic rings. The minimum Gasteiger partial charge on any atom is -0.465 e. The fourth-order valence-electron chi connectivity index (χ4n) is 10.7. The summed E-state index contributed by atoms with van der Waals surface area (Å²) in [4.78, 5) is 12.0. The molecular formula is C30H48O12. The molecule has 8 N–H and O–H groups in total. The van der Waals surface area contributed by atoms with Gasteiger partial charge in [-0.2, -0.15) is 0 Å². The molecule has 12 nitrogen and oxygen atoms in total. The van der Waals surface area contributed by atoms with Crippen LogP contribution >= 0.6 is 0 Å². The van der Waals surface area contributed by atoms with Crippen molar-refractivity contribution < 1.29 is 59.9 Å². The first-order valence-electron chi connectivity index (χ1n) is 15.6. The molecule has 6 aliphatic rings. The topological polar surface area (TPSA) is 207 Å². The zero-order valence-electron chi connectivity index (χ0n) is 24.4. The van der Waals surface area contributed by atoms with E-state index in [0.29, 0.717) is 19.4 Å². The maximum Gasteiger partial charge on any atom is 0.306 e. The summed E-state index contributed by atoms with van der Waals surface area (Å²) >= 11 is 0. The summed E-state index contributed by atoms with van der Waals surface area (Å²) in [6.45, 7) is 3.22. The van der Waals surface area contributed by atoms with Crippen molar-refractivity contribution in [1.82, 2.24) is 0 Å². The molecule has 0 aromatic heterocycles. The summed E-state index contributed by atoms with van der Waals surface area (Å²) in [5.41, 5.74) is -5.17. The molecule has 4 aliphatic carbocycles. The van der Waals surface area contributed by atoms with Crippen molar-refractivity contribution in [3.63, 3.8) is 0 Å². The molecule has 0 aromatic carbocycles. The van der Waals surface area contributed by atoms with E-state index in [2.05, 4.69) is 0 Å². The molecule has 2 heterocycles. The average Bonchev–Trinajstić information content (AvgIpc) is 3.36. The fraction of sp³-hybridized carbons (Fsp3) is 0.967. The van der Waals surface area contributed by atoms with Gasteiger partial charge in [-0.15, -0.1) is 0 Å². The van der Waals surface area contributed by atoms with Gasteiger partial charge in [0, 0.05) is 30.1 Å². The molecule has 0 spiro atoms. The van der Waals surface area contributed by atoms with Gasteiger partial charge in [0.05, 0.1) is 60.7 Å². The van der Waals surface area contributed by atoms with Crippen molar-refractivity contribution in [2.45, 2.75) is 132 Å². The second kappa shape index (κ2) is 10.6. The second-order valence-electron chi connectivity index (χ2n) is 14.6. The molecule has 4 saturated carbocycles. The number of fused-ring (bicyclic) bond motifs is 5. The maximum atomic E-state index is 12.6. The number of aliphatic hydroxyl groups is 8. The van der Waals surface area contributed by atoms with Crippen LogP contribution in [0.3, 0.4) is 0 Å². The van der Waals surface area contributed by atoms with Gasteiger partial charge in [0.1, 0.15) is 18.3 Å². The smallest absolute Gasteiger partial charge is 0.306 e. The number of carbonyl (C=O) groups excluding carboxylic acids is 1. The lowest BCUT2D eigenvalue weighted by atomic mass is 9.37. The lowest BCUT2D eigenvalue weighted by Crippen LogP contribution is -2.77. The highest BCUT2D eigenvalue weighted by Gasteiger charge is 2.74. The molecular weight excluding hydrogens is 552 g/mol. The van der Waals surface area contributed by atoms with E-state index in [1.54, 1.807) is 0 Å². The normalized spacial score (nSPS) is 58.0. The minimum absolute atomic E-state index is 0.0278. The zero-order valence-corrected chi connectivity index (χ0v) is 24.4. The Kier molecular flexibility index (Phi) is 7.82. The Labute approximate surface area is 245 Å². The first kappa shape index (κ1) is 31.1. The van der Waals surface area contributed by atoms with Crippen LogP contribution in [0.4, 0.5) is 0 Å². The van der Waals surface area contributed by atoms with Gasteiger partial charge in [0.25, 0.3) is 0 Å². The van der Waals surface area contributed by atoms with E-state index in [4.69, 9.17) is 14.2 Å². The molecule has 240 valence electrons. The van der Waals surface area contributed by atoms with E-state index >= 15 is 0 Å². The third-order valence-electron chi connectivity index (χ3n) is 12.8. The Hall–Kier alpha value is -0.930. The quantitative estimate of drug-likeness (QED) is 0.144. The van der Waals surface area contributed by atoms with Crippen molar-refractivity contribution >= 4 is 5.97 Å². The third kappa shape index (κ3) is 4.20. The molecule has 42 heavy (non-hydrogen) atoms. The molecule has 2 saturated heterocycles. The highest BCUT2D eigenvalue weighted by Crippen LogP contribution is 2.69. The third-order valence-corrected chi connectivity index (χ3v) is 12.8. The summed E-state index contributed by atoms with van der Waals surface area (Å²) in [7, 11) is 0. The van der Waals surface area contributed by atoms with Crippen molar-refractivity contribution in [3.8, 4) is 0 Å². The van der Waals surface area contributed by atoms with Gasteiger partial charge >= 0.3 is 5.97 Å². The van der Waals surface area contributed by atoms with E-state index in [9.17, 15) is 45.6 Å². The van der Waals surface area contributed by atoms with Crippen molar-refractivity contribution in [3.05, 3.63) is 0 Å². The molecule has 16 atom stereocenters. The minimum atomic E-state index is -1.67. The monoisotopic (exact) mass is 600 g/mol. The van der Waals surface area contributed by atoms with Crippen molar-refractivity contribution in [2.24, 2.45) is 34.5 Å². The number of hydrogen-bond acceptors (Lipinski definition) is 12. The van der Waals surface area contributed by atoms with Crippen LogP contribution in [0.2, 0.25) is 0 Å². The lowest BCUT2D eigenvalue weighted by molar-refractivity contribution is -0.349. The summed E-state index contributed by atoms with van der Waals surface area (Å²) in [5, 5.41) is 90.2. The summed E-state index contributed by atoms with van der Waals surface area (Å²) < 4.78 is 16.8. The van der Waals surface area contributed by atoms with Gasteiger partial charge < -0.3 is 55.1 Å². The van der Waals surface area contributed by atoms with E-state index in [-0.39, 0.29) is 49.9 Å². The predicted molar refractivity (Wildman–Crippen MR) is 143 cm³/mol. The first-order chi connectivity index (χ1) is 19.7. The van der Waals surface area contributed by atoms with Crippen LogP contribution in [0.5, 0.6) is 0 Å². The number of cyclic esters (lactones) is 1. The molecule has 6 rings (SSSR count). The van der Waals surface area contributed by atoms with Crippen molar-refractivity contribution in [1.29, 1.82) is 0 Å². The van der Waals surface area contributed by atoms with E-state index < -0.39 is 89.5 Å². The molecule has 0 amide bonds. The van der Waals surface area contributed by atoms with Crippen LogP contribution < -0.4 is 0 Å². The van der Waals surface area contributed by atoms with Gasteiger partial charge in [-0.05, 0) is 50.9 Å². The van der Waals surface area contributed by atoms with Gasteiger partial charge in [0.2, 0.25) is 0 Å². The number of aliphatic hydroxyl groups excluding tert-OH is 6. The van der Waals surface area contributed by atoms with Crippen LogP contribution in [-0.4, -0.2) is 120 Å². The fourth-order valence-corrected chi connectivity index (χ4v) is 10.7. The molecule has 12 heteroatoms. The molecule has 2 aliphatic heterocycles. The van der Waals surface area contributed by atoms with E-state index in [1.807, 2.05) is 6.92 Å². The Morgan fingerprint density at radius 1 is 0.976 bits per heavy atom. The Bertz CT molecular complexity index is 1040. The average molecular weight is 601 g/mol. The standard InChI is InChI=1S/C30H48O12/c1-14-23(35)24(36)25(37)26(41-14)42-16-9-20(33)29(13-31)22-18(5-7-28(29,38)10-16)30(39)6-3-4-17(15-8-21(34)40-12-15)27(30,2)11-19(22)32/h14-20,22-26,31-33,35-39H,3-13H2,1-2H3/t14?,15?,16-,17+,18+,19+,20+,22+,23-,24?,25?,26-,27+,28-,29+,30-/m1/s1. The number of esters is 1. The molecule has 6 fully saturated rings. The number of rotatable bonds is 4. The number of hydrogen-bond donors (Lipinski definition) is 8. The largest absolute Gasteiger partial charge is 0.465 e. The van der Waals surface area contributed by atoms with Crippen molar-refractivity contribution in [2.75, 3.05) is 13.2 Å². The van der Waals surface area contributed by atoms with E-state index in [0.717, 1.165) is 12.8 Å². The predicted octanol–water partition coefficient (Wildman–Crippen LogP) is -1.04. The SMILES string of the molecule is CC1O[C@H](O[C@@H]2C[C@H](O)[C@@]3(CO)[C@@H]4[C@@H](O)C[C@@]5(C)[C@H](C6COC(=O)C6)CCC[C@@]5(O)[C@H]4CC[C@@]3(O)C2)C(O)C(O)[C@@H]1O. The molecule has 0 radical (unpaired) electrons. The lowest BCUT2D eigenvalue weighted by Gasteiger charge is -2.71. The van der Waals surface area contributed by atoms with Crippen LogP contribution in [0.1, 0.15) is 71.6 Å². The summed E-state index contributed by atoms with van der Waals surface area (Å²) in [6, 6.07) is 0. The Balaban J connectivity index is 1.28. The maximum absolute atomic E-state index is 12.6. The van der Waals surface area contributed by atoms with Gasteiger partial charge in [-0.25, -0.2) is 0 Å². The van der Waals surface area contributed by atoms with Gasteiger partial charge in [0.15, 0.2) is 6.29 Å². The van der Waals surface area contributed by atoms with Crippen LogP contribution in [0.15, 0.2) is 0 Å². The number of carbonyl (C=O) groups is 1. The summed E-state index contributed by atoms with van der Waals surface area (Å²) in [6.07, 6.45) is -6.72. The molecule has 0 bridgehead atoms. The molecule has 4 unspecified atom stereocenters. The highest BCUT2D eigenvalue weighted by atomic mass is 16.7. The Morgan fingerprint density at radius 3 is 2.38 bits per heavy atom. The van der Waals surface area contributed by atoms with E-state index in [1.165, 1.54) is 6.92 Å². The summed E-state index contributed by atoms with van der Waals surface area (Å²) in [5.74, 6) is -1.65. The van der Waals surface area contributed by atoms with Gasteiger partial charge in [-0.1, -0.05) is 13.3 Å². The first-order valence-corrected chi connectivity index (χ1v) is 15.6.